The SMILES string of the molecule is O=C(O)N1CCC(Nc2ccc(OCc3ccccc3)cc2)CC1. The van der Waals surface area contributed by atoms with Crippen molar-refractivity contribution in [3.8, 4) is 5.75 Å². The van der Waals surface area contributed by atoms with Gasteiger partial charge in [-0.05, 0) is 42.7 Å². The molecule has 0 atom stereocenters. The van der Waals surface area contributed by atoms with Crippen LogP contribution in [-0.4, -0.2) is 35.2 Å². The van der Waals surface area contributed by atoms with Gasteiger partial charge in [-0.15, -0.1) is 0 Å². The van der Waals surface area contributed by atoms with Crippen LogP contribution < -0.4 is 10.1 Å². The molecule has 126 valence electrons. The molecule has 5 heteroatoms. The minimum atomic E-state index is -0.826. The van der Waals surface area contributed by atoms with E-state index in [0.29, 0.717) is 25.7 Å². The molecular formula is C19H22N2O3. The number of amides is 1. The molecule has 2 aromatic rings. The van der Waals surface area contributed by atoms with Crippen LogP contribution in [0.3, 0.4) is 0 Å². The first-order valence-electron chi connectivity index (χ1n) is 8.22. The van der Waals surface area contributed by atoms with Gasteiger partial charge < -0.3 is 20.1 Å². The van der Waals surface area contributed by atoms with Crippen molar-refractivity contribution in [2.24, 2.45) is 0 Å². The van der Waals surface area contributed by atoms with Gasteiger partial charge in [-0.25, -0.2) is 4.79 Å². The van der Waals surface area contributed by atoms with E-state index in [1.54, 1.807) is 0 Å². The number of anilines is 1. The van der Waals surface area contributed by atoms with E-state index < -0.39 is 6.09 Å². The molecule has 0 radical (unpaired) electrons. The smallest absolute Gasteiger partial charge is 0.407 e. The molecule has 1 aliphatic rings. The van der Waals surface area contributed by atoms with Crippen molar-refractivity contribution in [1.29, 1.82) is 0 Å². The minimum absolute atomic E-state index is 0.316. The molecule has 0 bridgehead atoms. The molecule has 1 aliphatic heterocycles. The molecule has 1 heterocycles. The van der Waals surface area contributed by atoms with Crippen molar-refractivity contribution >= 4 is 11.8 Å². The van der Waals surface area contributed by atoms with Gasteiger partial charge in [0.05, 0.1) is 0 Å². The Labute approximate surface area is 141 Å². The predicted molar refractivity (Wildman–Crippen MR) is 93.5 cm³/mol. The second kappa shape index (κ2) is 7.73. The molecule has 2 N–H and O–H groups in total. The molecule has 1 fully saturated rings. The van der Waals surface area contributed by atoms with Gasteiger partial charge in [0.1, 0.15) is 12.4 Å². The number of carbonyl (C=O) groups is 1. The van der Waals surface area contributed by atoms with Crippen LogP contribution in [0.5, 0.6) is 5.75 Å². The van der Waals surface area contributed by atoms with Crippen molar-refractivity contribution in [2.75, 3.05) is 18.4 Å². The molecule has 24 heavy (non-hydrogen) atoms. The number of likely N-dealkylation sites (tertiary alicyclic amines) is 1. The Kier molecular flexibility index (Phi) is 5.21. The molecule has 0 aromatic heterocycles. The predicted octanol–water partition coefficient (Wildman–Crippen LogP) is 3.82. The van der Waals surface area contributed by atoms with E-state index in [-0.39, 0.29) is 0 Å². The molecule has 5 nitrogen and oxygen atoms in total. The number of nitrogens with one attached hydrogen (secondary N) is 1. The summed E-state index contributed by atoms with van der Waals surface area (Å²) in [4.78, 5) is 12.4. The van der Waals surface area contributed by atoms with Crippen LogP contribution in [0.4, 0.5) is 10.5 Å². The lowest BCUT2D eigenvalue weighted by Crippen LogP contribution is -2.41. The van der Waals surface area contributed by atoms with E-state index in [1.165, 1.54) is 4.90 Å². The molecule has 3 rings (SSSR count). The summed E-state index contributed by atoms with van der Waals surface area (Å²) in [7, 11) is 0. The fraction of sp³-hybridized carbons (Fsp3) is 0.316. The number of benzene rings is 2. The van der Waals surface area contributed by atoms with Gasteiger partial charge in [-0.1, -0.05) is 30.3 Å². The topological polar surface area (TPSA) is 61.8 Å². The number of hydrogen-bond donors (Lipinski definition) is 2. The fourth-order valence-corrected chi connectivity index (χ4v) is 2.84. The highest BCUT2D eigenvalue weighted by Gasteiger charge is 2.21. The first kappa shape index (κ1) is 16.2. The maximum atomic E-state index is 10.9. The van der Waals surface area contributed by atoms with E-state index in [4.69, 9.17) is 9.84 Å². The second-order valence-corrected chi connectivity index (χ2v) is 5.99. The van der Waals surface area contributed by atoms with Crippen molar-refractivity contribution in [3.63, 3.8) is 0 Å². The van der Waals surface area contributed by atoms with Crippen LogP contribution in [-0.2, 0) is 6.61 Å². The maximum Gasteiger partial charge on any atom is 0.407 e. The number of carboxylic acid groups (broad SMARTS) is 1. The molecule has 0 spiro atoms. The third-order valence-corrected chi connectivity index (χ3v) is 4.24. The molecule has 0 saturated carbocycles. The zero-order valence-electron chi connectivity index (χ0n) is 13.5. The lowest BCUT2D eigenvalue weighted by Gasteiger charge is -2.31. The Morgan fingerprint density at radius 2 is 1.75 bits per heavy atom. The summed E-state index contributed by atoms with van der Waals surface area (Å²) >= 11 is 0. The number of hydrogen-bond acceptors (Lipinski definition) is 3. The Morgan fingerprint density at radius 3 is 2.38 bits per heavy atom. The van der Waals surface area contributed by atoms with Gasteiger partial charge in [0.25, 0.3) is 0 Å². The van der Waals surface area contributed by atoms with E-state index in [1.807, 2.05) is 54.6 Å². The number of ether oxygens (including phenoxy) is 1. The van der Waals surface area contributed by atoms with Gasteiger partial charge in [0.2, 0.25) is 0 Å². The molecule has 0 unspecified atom stereocenters. The van der Waals surface area contributed by atoms with Crippen molar-refractivity contribution in [1.82, 2.24) is 4.90 Å². The zero-order chi connectivity index (χ0) is 16.8. The highest BCUT2D eigenvalue weighted by atomic mass is 16.5. The summed E-state index contributed by atoms with van der Waals surface area (Å²) < 4.78 is 5.78. The molecule has 2 aromatic carbocycles. The Morgan fingerprint density at radius 1 is 1.08 bits per heavy atom. The molecule has 1 saturated heterocycles. The fourth-order valence-electron chi connectivity index (χ4n) is 2.84. The Balaban J connectivity index is 1.47. The third kappa shape index (κ3) is 4.41. The van der Waals surface area contributed by atoms with Gasteiger partial charge in [0, 0.05) is 24.8 Å². The third-order valence-electron chi connectivity index (χ3n) is 4.24. The monoisotopic (exact) mass is 326 g/mol. The summed E-state index contributed by atoms with van der Waals surface area (Å²) in [6.07, 6.45) is 0.838. The Bertz CT molecular complexity index is 650. The molecular weight excluding hydrogens is 304 g/mol. The van der Waals surface area contributed by atoms with Crippen LogP contribution in [0, 0.1) is 0 Å². The summed E-state index contributed by atoms with van der Waals surface area (Å²) in [5, 5.41) is 12.4. The first-order chi connectivity index (χ1) is 11.7. The lowest BCUT2D eigenvalue weighted by atomic mass is 10.1. The second-order valence-electron chi connectivity index (χ2n) is 5.99. The lowest BCUT2D eigenvalue weighted by molar-refractivity contribution is 0.134. The number of nitrogens with zero attached hydrogens (tertiary/aromatic N) is 1. The zero-order valence-corrected chi connectivity index (χ0v) is 13.5. The molecule has 1 amide bonds. The first-order valence-corrected chi connectivity index (χ1v) is 8.22. The normalized spacial score (nSPS) is 15.1. The van der Waals surface area contributed by atoms with Crippen molar-refractivity contribution in [3.05, 3.63) is 60.2 Å². The summed E-state index contributed by atoms with van der Waals surface area (Å²) in [5.41, 5.74) is 2.18. The maximum absolute atomic E-state index is 10.9. The largest absolute Gasteiger partial charge is 0.489 e. The average Bonchev–Trinajstić information content (AvgIpc) is 2.62. The Hall–Kier alpha value is -2.69. The van der Waals surface area contributed by atoms with Crippen LogP contribution in [0.1, 0.15) is 18.4 Å². The van der Waals surface area contributed by atoms with Crippen molar-refractivity contribution in [2.45, 2.75) is 25.5 Å². The highest BCUT2D eigenvalue weighted by Crippen LogP contribution is 2.20. The van der Waals surface area contributed by atoms with Gasteiger partial charge in [-0.3, -0.25) is 0 Å². The van der Waals surface area contributed by atoms with E-state index in [2.05, 4.69) is 5.32 Å². The average molecular weight is 326 g/mol. The van der Waals surface area contributed by atoms with Gasteiger partial charge in [0.15, 0.2) is 0 Å². The van der Waals surface area contributed by atoms with Crippen molar-refractivity contribution < 1.29 is 14.6 Å². The number of piperidine rings is 1. The standard InChI is InChI=1S/C19H22N2O3/c22-19(23)21-12-10-17(11-13-21)20-16-6-8-18(9-7-16)24-14-15-4-2-1-3-5-15/h1-9,17,20H,10-14H2,(H,22,23). The number of rotatable bonds is 5. The van der Waals surface area contributed by atoms with E-state index in [0.717, 1.165) is 29.8 Å². The van der Waals surface area contributed by atoms with Crippen LogP contribution in [0.15, 0.2) is 54.6 Å². The van der Waals surface area contributed by atoms with Crippen LogP contribution in [0.25, 0.3) is 0 Å². The summed E-state index contributed by atoms with van der Waals surface area (Å²) in [6, 6.07) is 18.3. The minimum Gasteiger partial charge on any atom is -0.489 e. The summed E-state index contributed by atoms with van der Waals surface area (Å²) in [6.45, 7) is 1.73. The molecule has 0 aliphatic carbocycles. The van der Waals surface area contributed by atoms with Gasteiger partial charge in [-0.2, -0.15) is 0 Å². The summed E-state index contributed by atoms with van der Waals surface area (Å²) in [5.74, 6) is 0.838. The van der Waals surface area contributed by atoms with E-state index >= 15 is 0 Å². The van der Waals surface area contributed by atoms with Gasteiger partial charge >= 0.3 is 6.09 Å². The quantitative estimate of drug-likeness (QED) is 0.877. The van der Waals surface area contributed by atoms with Crippen LogP contribution >= 0.6 is 0 Å². The van der Waals surface area contributed by atoms with Crippen LogP contribution in [0.2, 0.25) is 0 Å². The highest BCUT2D eigenvalue weighted by molar-refractivity contribution is 5.65. The van der Waals surface area contributed by atoms with E-state index in [9.17, 15) is 4.79 Å².